The molecule has 0 bridgehead atoms. The van der Waals surface area contributed by atoms with Crippen LogP contribution in [0, 0.1) is 6.92 Å². The summed E-state index contributed by atoms with van der Waals surface area (Å²) in [5.41, 5.74) is 5.35. The van der Waals surface area contributed by atoms with Crippen LogP contribution in [0.3, 0.4) is 0 Å². The van der Waals surface area contributed by atoms with E-state index in [0.29, 0.717) is 5.69 Å². The van der Waals surface area contributed by atoms with Gasteiger partial charge in [0, 0.05) is 28.4 Å². The minimum atomic E-state index is -3.61. The second-order valence-corrected chi connectivity index (χ2v) is 8.87. The van der Waals surface area contributed by atoms with Gasteiger partial charge in [0.25, 0.3) is 10.0 Å². The average Bonchev–Trinajstić information content (AvgIpc) is 2.77. The van der Waals surface area contributed by atoms with Crippen molar-refractivity contribution in [2.45, 2.75) is 11.8 Å². The van der Waals surface area contributed by atoms with Crippen molar-refractivity contribution >= 4 is 38.5 Å². The van der Waals surface area contributed by atoms with Crippen LogP contribution >= 0.6 is 0 Å². The third kappa shape index (κ3) is 5.43. The molecule has 0 unspecified atom stereocenters. The molecule has 0 radical (unpaired) electrons. The van der Waals surface area contributed by atoms with Gasteiger partial charge in [0.15, 0.2) is 0 Å². The molecule has 0 aliphatic carbocycles. The maximum atomic E-state index is 12.5. The number of aryl methyl sites for hydroxylation is 1. The summed E-state index contributed by atoms with van der Waals surface area (Å²) in [5.74, 6) is 0. The van der Waals surface area contributed by atoms with Crippen LogP contribution in [0.4, 0.5) is 28.4 Å². The zero-order chi connectivity index (χ0) is 21.7. The van der Waals surface area contributed by atoms with E-state index in [1.54, 1.807) is 36.4 Å². The van der Waals surface area contributed by atoms with Gasteiger partial charge in [-0.3, -0.25) is 4.72 Å². The first-order valence-electron chi connectivity index (χ1n) is 9.87. The number of hydrogen-bond donors (Lipinski definition) is 3. The zero-order valence-electron chi connectivity index (χ0n) is 17.0. The number of nitrogens with one attached hydrogen (secondary N) is 3. The zero-order valence-corrected chi connectivity index (χ0v) is 17.9. The van der Waals surface area contributed by atoms with Crippen molar-refractivity contribution in [1.29, 1.82) is 0 Å². The molecule has 0 fully saturated rings. The average molecular weight is 430 g/mol. The molecule has 0 saturated heterocycles. The van der Waals surface area contributed by atoms with E-state index in [2.05, 4.69) is 15.4 Å². The molecule has 4 aromatic carbocycles. The third-order valence-corrected chi connectivity index (χ3v) is 6.10. The van der Waals surface area contributed by atoms with Crippen molar-refractivity contribution in [3.63, 3.8) is 0 Å². The lowest BCUT2D eigenvalue weighted by Gasteiger charge is -2.11. The lowest BCUT2D eigenvalue weighted by atomic mass is 10.2. The number of para-hydroxylation sites is 1. The van der Waals surface area contributed by atoms with Gasteiger partial charge < -0.3 is 10.6 Å². The number of rotatable bonds is 7. The summed E-state index contributed by atoms with van der Waals surface area (Å²) in [5, 5.41) is 6.67. The number of benzene rings is 4. The van der Waals surface area contributed by atoms with Crippen LogP contribution in [0.25, 0.3) is 0 Å². The summed E-state index contributed by atoms with van der Waals surface area (Å²) in [4.78, 5) is 0.240. The van der Waals surface area contributed by atoms with Crippen molar-refractivity contribution in [2.24, 2.45) is 0 Å². The maximum absolute atomic E-state index is 12.5. The Morgan fingerprint density at radius 2 is 0.935 bits per heavy atom. The number of anilines is 5. The first-order chi connectivity index (χ1) is 15.0. The molecule has 6 heteroatoms. The first kappa shape index (κ1) is 20.5. The molecule has 0 heterocycles. The van der Waals surface area contributed by atoms with Gasteiger partial charge in [-0.1, -0.05) is 35.9 Å². The quantitative estimate of drug-likeness (QED) is 0.323. The second kappa shape index (κ2) is 8.93. The predicted octanol–water partition coefficient (Wildman–Crippen LogP) is 6.28. The third-order valence-electron chi connectivity index (χ3n) is 4.70. The molecule has 0 aliphatic rings. The lowest BCUT2D eigenvalue weighted by Crippen LogP contribution is -2.12. The maximum Gasteiger partial charge on any atom is 0.261 e. The van der Waals surface area contributed by atoms with Crippen molar-refractivity contribution in [3.05, 3.63) is 109 Å². The number of sulfonamides is 1. The van der Waals surface area contributed by atoms with Crippen molar-refractivity contribution in [3.8, 4) is 0 Å². The lowest BCUT2D eigenvalue weighted by molar-refractivity contribution is 0.601. The van der Waals surface area contributed by atoms with E-state index in [9.17, 15) is 8.42 Å². The van der Waals surface area contributed by atoms with Gasteiger partial charge >= 0.3 is 0 Å². The highest BCUT2D eigenvalue weighted by Gasteiger charge is 2.13. The van der Waals surface area contributed by atoms with Crippen LogP contribution in [0.1, 0.15) is 5.56 Å². The number of hydrogen-bond acceptors (Lipinski definition) is 4. The topological polar surface area (TPSA) is 70.2 Å². The Labute approximate surface area is 182 Å². The standard InChI is InChI=1S/C25H23N3O2S/c1-19-7-17-25(18-8-19)31(29,30)28-24-15-13-23(14-16-24)27-22-11-9-21(10-12-22)26-20-5-3-2-4-6-20/h2-18,26-28H,1H3. The molecule has 0 atom stereocenters. The van der Waals surface area contributed by atoms with Crippen molar-refractivity contribution in [1.82, 2.24) is 0 Å². The Bertz CT molecular complexity index is 1240. The van der Waals surface area contributed by atoms with Gasteiger partial charge in [-0.05, 0) is 79.7 Å². The molecule has 31 heavy (non-hydrogen) atoms. The summed E-state index contributed by atoms with van der Waals surface area (Å²) in [7, 11) is -3.61. The Morgan fingerprint density at radius 1 is 0.516 bits per heavy atom. The van der Waals surface area contributed by atoms with E-state index in [4.69, 9.17) is 0 Å². The molecule has 3 N–H and O–H groups in total. The Morgan fingerprint density at radius 3 is 1.42 bits per heavy atom. The van der Waals surface area contributed by atoms with E-state index in [1.807, 2.05) is 73.7 Å². The summed E-state index contributed by atoms with van der Waals surface area (Å²) in [6.45, 7) is 1.92. The molecule has 0 spiro atoms. The summed E-state index contributed by atoms with van der Waals surface area (Å²) in [6.07, 6.45) is 0. The Kier molecular flexibility index (Phi) is 5.91. The second-order valence-electron chi connectivity index (χ2n) is 7.19. The van der Waals surface area contributed by atoms with Crippen molar-refractivity contribution in [2.75, 3.05) is 15.4 Å². The molecular weight excluding hydrogens is 406 g/mol. The summed E-state index contributed by atoms with van der Waals surface area (Å²) < 4.78 is 27.7. The molecule has 0 amide bonds. The van der Waals surface area contributed by atoms with Gasteiger partial charge in [0.2, 0.25) is 0 Å². The molecule has 5 nitrogen and oxygen atoms in total. The molecule has 4 aromatic rings. The normalized spacial score (nSPS) is 11.0. The van der Waals surface area contributed by atoms with E-state index < -0.39 is 10.0 Å². The van der Waals surface area contributed by atoms with E-state index in [-0.39, 0.29) is 4.90 Å². The fraction of sp³-hybridized carbons (Fsp3) is 0.0400. The Hall–Kier alpha value is -3.77. The van der Waals surface area contributed by atoms with Gasteiger partial charge in [0.1, 0.15) is 0 Å². The molecule has 156 valence electrons. The van der Waals surface area contributed by atoms with E-state index in [1.165, 1.54) is 0 Å². The Balaban J connectivity index is 1.38. The van der Waals surface area contributed by atoms with Crippen LogP contribution in [-0.4, -0.2) is 8.42 Å². The van der Waals surface area contributed by atoms with Gasteiger partial charge in [-0.25, -0.2) is 8.42 Å². The first-order valence-corrected chi connectivity index (χ1v) is 11.3. The van der Waals surface area contributed by atoms with E-state index in [0.717, 1.165) is 28.3 Å². The van der Waals surface area contributed by atoms with Gasteiger partial charge in [0.05, 0.1) is 4.90 Å². The highest BCUT2D eigenvalue weighted by molar-refractivity contribution is 7.92. The van der Waals surface area contributed by atoms with Crippen LogP contribution in [-0.2, 0) is 10.0 Å². The largest absolute Gasteiger partial charge is 0.356 e. The van der Waals surface area contributed by atoms with Crippen LogP contribution in [0.15, 0.2) is 108 Å². The van der Waals surface area contributed by atoms with Crippen LogP contribution < -0.4 is 15.4 Å². The molecule has 0 aromatic heterocycles. The molecular formula is C25H23N3O2S. The highest BCUT2D eigenvalue weighted by Crippen LogP contribution is 2.23. The van der Waals surface area contributed by atoms with Crippen molar-refractivity contribution < 1.29 is 8.42 Å². The van der Waals surface area contributed by atoms with Gasteiger partial charge in [-0.15, -0.1) is 0 Å². The monoisotopic (exact) mass is 429 g/mol. The molecule has 0 saturated carbocycles. The summed E-state index contributed by atoms with van der Waals surface area (Å²) in [6, 6.07) is 31.9. The minimum Gasteiger partial charge on any atom is -0.356 e. The van der Waals surface area contributed by atoms with Crippen LogP contribution in [0.2, 0.25) is 0 Å². The predicted molar refractivity (Wildman–Crippen MR) is 128 cm³/mol. The van der Waals surface area contributed by atoms with Crippen LogP contribution in [0.5, 0.6) is 0 Å². The highest BCUT2D eigenvalue weighted by atomic mass is 32.2. The fourth-order valence-electron chi connectivity index (χ4n) is 3.04. The smallest absolute Gasteiger partial charge is 0.261 e. The fourth-order valence-corrected chi connectivity index (χ4v) is 4.10. The molecule has 0 aliphatic heterocycles. The SMILES string of the molecule is Cc1ccc(S(=O)(=O)Nc2ccc(Nc3ccc(Nc4ccccc4)cc3)cc2)cc1. The summed E-state index contributed by atoms with van der Waals surface area (Å²) >= 11 is 0. The van der Waals surface area contributed by atoms with Gasteiger partial charge in [-0.2, -0.15) is 0 Å². The van der Waals surface area contributed by atoms with E-state index >= 15 is 0 Å². The minimum absolute atomic E-state index is 0.240. The molecule has 4 rings (SSSR count).